The number of halogens is 1. The predicted octanol–water partition coefficient (Wildman–Crippen LogP) is 4.13. The van der Waals surface area contributed by atoms with E-state index in [2.05, 4.69) is 5.32 Å². The summed E-state index contributed by atoms with van der Waals surface area (Å²) in [7, 11) is 1.79. The lowest BCUT2D eigenvalue weighted by molar-refractivity contribution is -0.133. The Hall–Kier alpha value is -2.37. The van der Waals surface area contributed by atoms with E-state index >= 15 is 0 Å². The monoisotopic (exact) mass is 401 g/mol. The standard InChI is InChI=1S/C22H28ClN3O2/c1-5-26(14-21(27)24-20-13-19(23)12-11-16(20)2)15-22(28)25(4)17(3)18-9-7-6-8-10-18/h6-13,17H,5,14-15H2,1-4H3,(H,24,27)/t17-/m0/s1. The van der Waals surface area contributed by atoms with Crippen LogP contribution in [-0.2, 0) is 9.59 Å². The van der Waals surface area contributed by atoms with Crippen LogP contribution in [0.1, 0.15) is 31.0 Å². The van der Waals surface area contributed by atoms with Crippen LogP contribution in [0.4, 0.5) is 5.69 Å². The molecule has 0 fully saturated rings. The summed E-state index contributed by atoms with van der Waals surface area (Å²) >= 11 is 6.01. The molecule has 0 aliphatic rings. The summed E-state index contributed by atoms with van der Waals surface area (Å²) in [5, 5.41) is 3.45. The molecule has 28 heavy (non-hydrogen) atoms. The maximum Gasteiger partial charge on any atom is 0.238 e. The summed E-state index contributed by atoms with van der Waals surface area (Å²) < 4.78 is 0. The lowest BCUT2D eigenvalue weighted by atomic mass is 10.1. The highest BCUT2D eigenvalue weighted by Crippen LogP contribution is 2.20. The van der Waals surface area contributed by atoms with Crippen molar-refractivity contribution in [3.8, 4) is 0 Å². The molecule has 6 heteroatoms. The Labute approximate surface area is 172 Å². The number of anilines is 1. The molecule has 0 aliphatic heterocycles. The van der Waals surface area contributed by atoms with Crippen molar-refractivity contribution in [2.75, 3.05) is 32.0 Å². The van der Waals surface area contributed by atoms with Gasteiger partial charge in [0.25, 0.3) is 0 Å². The number of carbonyl (C=O) groups is 2. The van der Waals surface area contributed by atoms with Gasteiger partial charge in [-0.3, -0.25) is 14.5 Å². The van der Waals surface area contributed by atoms with Gasteiger partial charge in [0.15, 0.2) is 0 Å². The summed E-state index contributed by atoms with van der Waals surface area (Å²) in [6, 6.07) is 15.2. The van der Waals surface area contributed by atoms with E-state index in [1.54, 1.807) is 24.1 Å². The lowest BCUT2D eigenvalue weighted by Crippen LogP contribution is -2.42. The topological polar surface area (TPSA) is 52.7 Å². The number of hydrogen-bond donors (Lipinski definition) is 1. The third-order valence-electron chi connectivity index (χ3n) is 4.90. The first-order valence-electron chi connectivity index (χ1n) is 9.40. The SMILES string of the molecule is CCN(CC(=O)Nc1cc(Cl)ccc1C)CC(=O)N(C)[C@@H](C)c1ccccc1. The van der Waals surface area contributed by atoms with Crippen molar-refractivity contribution in [2.45, 2.75) is 26.8 Å². The highest BCUT2D eigenvalue weighted by molar-refractivity contribution is 6.31. The van der Waals surface area contributed by atoms with E-state index in [0.29, 0.717) is 17.3 Å². The predicted molar refractivity (Wildman–Crippen MR) is 115 cm³/mol. The number of nitrogens with one attached hydrogen (secondary N) is 1. The van der Waals surface area contributed by atoms with Gasteiger partial charge in [-0.15, -0.1) is 0 Å². The average Bonchev–Trinajstić information content (AvgIpc) is 2.69. The molecule has 0 bridgehead atoms. The number of carbonyl (C=O) groups excluding carboxylic acids is 2. The maximum absolute atomic E-state index is 12.7. The highest BCUT2D eigenvalue weighted by atomic mass is 35.5. The van der Waals surface area contributed by atoms with Crippen LogP contribution in [-0.4, -0.2) is 48.3 Å². The first kappa shape index (κ1) is 21.9. The molecule has 1 N–H and O–H groups in total. The van der Waals surface area contributed by atoms with Crippen LogP contribution in [0.25, 0.3) is 0 Å². The Bertz CT molecular complexity index is 811. The minimum atomic E-state index is -0.168. The van der Waals surface area contributed by atoms with Crippen LogP contribution in [0.2, 0.25) is 5.02 Å². The third kappa shape index (κ3) is 6.08. The van der Waals surface area contributed by atoms with Gasteiger partial charge in [0, 0.05) is 17.8 Å². The molecule has 2 amide bonds. The fourth-order valence-electron chi connectivity index (χ4n) is 2.88. The Kier molecular flexibility index (Phi) is 8.03. The minimum absolute atomic E-state index is 0.0232. The number of likely N-dealkylation sites (N-methyl/N-ethyl adjacent to an activating group) is 2. The zero-order valence-electron chi connectivity index (χ0n) is 16.9. The lowest BCUT2D eigenvalue weighted by Gasteiger charge is -2.28. The van der Waals surface area contributed by atoms with Crippen LogP contribution in [0.15, 0.2) is 48.5 Å². The van der Waals surface area contributed by atoms with E-state index in [0.717, 1.165) is 11.1 Å². The first-order valence-corrected chi connectivity index (χ1v) is 9.78. The Balaban J connectivity index is 1.94. The molecule has 0 saturated heterocycles. The molecule has 2 rings (SSSR count). The highest BCUT2D eigenvalue weighted by Gasteiger charge is 2.20. The zero-order valence-corrected chi connectivity index (χ0v) is 17.7. The molecule has 0 heterocycles. The number of rotatable bonds is 8. The molecule has 0 aromatic heterocycles. The quantitative estimate of drug-likeness (QED) is 0.723. The minimum Gasteiger partial charge on any atom is -0.338 e. The van der Waals surface area contributed by atoms with Crippen LogP contribution in [0.3, 0.4) is 0 Å². The van der Waals surface area contributed by atoms with Crippen molar-refractivity contribution in [1.82, 2.24) is 9.80 Å². The molecule has 0 unspecified atom stereocenters. The average molecular weight is 402 g/mol. The van der Waals surface area contributed by atoms with Crippen molar-refractivity contribution in [3.05, 3.63) is 64.7 Å². The maximum atomic E-state index is 12.7. The Morgan fingerprint density at radius 2 is 1.79 bits per heavy atom. The Morgan fingerprint density at radius 3 is 2.43 bits per heavy atom. The molecule has 0 aliphatic carbocycles. The summed E-state index contributed by atoms with van der Waals surface area (Å²) in [6.45, 7) is 6.77. The smallest absolute Gasteiger partial charge is 0.238 e. The van der Waals surface area contributed by atoms with Gasteiger partial charge in [0.2, 0.25) is 11.8 Å². The second-order valence-corrected chi connectivity index (χ2v) is 7.34. The van der Waals surface area contributed by atoms with Crippen LogP contribution >= 0.6 is 11.6 Å². The molecule has 5 nitrogen and oxygen atoms in total. The second kappa shape index (κ2) is 10.2. The van der Waals surface area contributed by atoms with E-state index < -0.39 is 0 Å². The molecule has 150 valence electrons. The zero-order chi connectivity index (χ0) is 20.7. The van der Waals surface area contributed by atoms with E-state index in [1.165, 1.54) is 0 Å². The fraction of sp³-hybridized carbons (Fsp3) is 0.364. The van der Waals surface area contributed by atoms with Crippen molar-refractivity contribution in [2.24, 2.45) is 0 Å². The molecular weight excluding hydrogens is 374 g/mol. The van der Waals surface area contributed by atoms with Gasteiger partial charge < -0.3 is 10.2 Å². The molecule has 0 spiro atoms. The van der Waals surface area contributed by atoms with E-state index in [9.17, 15) is 9.59 Å². The van der Waals surface area contributed by atoms with E-state index in [4.69, 9.17) is 11.6 Å². The van der Waals surface area contributed by atoms with Gasteiger partial charge >= 0.3 is 0 Å². The first-order chi connectivity index (χ1) is 13.3. The summed E-state index contributed by atoms with van der Waals surface area (Å²) in [4.78, 5) is 28.7. The van der Waals surface area contributed by atoms with Crippen LogP contribution < -0.4 is 5.32 Å². The van der Waals surface area contributed by atoms with Crippen LogP contribution in [0, 0.1) is 6.92 Å². The normalized spacial score (nSPS) is 11.9. The number of nitrogens with zero attached hydrogens (tertiary/aromatic N) is 2. The molecule has 2 aromatic rings. The number of aryl methyl sites for hydroxylation is 1. The summed E-state index contributed by atoms with van der Waals surface area (Å²) in [6.07, 6.45) is 0. The van der Waals surface area contributed by atoms with E-state index in [-0.39, 0.29) is 30.9 Å². The summed E-state index contributed by atoms with van der Waals surface area (Å²) in [5.74, 6) is -0.191. The van der Waals surface area contributed by atoms with E-state index in [1.807, 2.05) is 62.1 Å². The van der Waals surface area contributed by atoms with Crippen LogP contribution in [0.5, 0.6) is 0 Å². The number of benzene rings is 2. The van der Waals surface area contributed by atoms with Gasteiger partial charge in [-0.1, -0.05) is 54.9 Å². The fourth-order valence-corrected chi connectivity index (χ4v) is 3.05. The van der Waals surface area contributed by atoms with Crippen molar-refractivity contribution in [1.29, 1.82) is 0 Å². The van der Waals surface area contributed by atoms with Gasteiger partial charge in [0.05, 0.1) is 19.1 Å². The van der Waals surface area contributed by atoms with Crippen molar-refractivity contribution < 1.29 is 9.59 Å². The van der Waals surface area contributed by atoms with Gasteiger partial charge in [-0.05, 0) is 43.7 Å². The van der Waals surface area contributed by atoms with Crippen molar-refractivity contribution >= 4 is 29.1 Å². The van der Waals surface area contributed by atoms with Gasteiger partial charge in [-0.2, -0.15) is 0 Å². The molecule has 0 radical (unpaired) electrons. The molecule has 0 saturated carbocycles. The second-order valence-electron chi connectivity index (χ2n) is 6.90. The molecular formula is C22H28ClN3O2. The van der Waals surface area contributed by atoms with Crippen molar-refractivity contribution in [3.63, 3.8) is 0 Å². The largest absolute Gasteiger partial charge is 0.338 e. The molecule has 1 atom stereocenters. The number of hydrogen-bond acceptors (Lipinski definition) is 3. The number of amides is 2. The summed E-state index contributed by atoms with van der Waals surface area (Å²) in [5.41, 5.74) is 2.71. The molecule has 2 aromatic carbocycles. The Morgan fingerprint density at radius 1 is 1.11 bits per heavy atom. The van der Waals surface area contributed by atoms with Gasteiger partial charge in [0.1, 0.15) is 0 Å². The third-order valence-corrected chi connectivity index (χ3v) is 5.14. The van der Waals surface area contributed by atoms with Gasteiger partial charge in [-0.25, -0.2) is 0 Å².